The first-order chi connectivity index (χ1) is 11.5. The Hall–Kier alpha value is -2.58. The zero-order valence-electron chi connectivity index (χ0n) is 12.7. The lowest BCUT2D eigenvalue weighted by molar-refractivity contribution is 0.0958. The third-order valence-corrected chi connectivity index (χ3v) is 4.54. The number of hydrogen-bond donors (Lipinski definition) is 1. The van der Waals surface area contributed by atoms with Gasteiger partial charge in [-0.15, -0.1) is 5.10 Å². The van der Waals surface area contributed by atoms with Crippen LogP contribution in [0, 0.1) is 13.8 Å². The van der Waals surface area contributed by atoms with Crippen molar-refractivity contribution in [1.29, 1.82) is 0 Å². The number of fused-ring (bicyclic) bond motifs is 1. The summed E-state index contributed by atoms with van der Waals surface area (Å²) in [5, 5.41) is 8.35. The van der Waals surface area contributed by atoms with Crippen molar-refractivity contribution in [3.63, 3.8) is 0 Å². The third-order valence-electron chi connectivity index (χ3n) is 3.31. The Balaban J connectivity index is 1.86. The molecule has 0 saturated heterocycles. The van der Waals surface area contributed by atoms with Crippen molar-refractivity contribution in [2.75, 3.05) is 0 Å². The number of hydrazone groups is 1. The van der Waals surface area contributed by atoms with Crippen molar-refractivity contribution in [1.82, 2.24) is 15.0 Å². The fourth-order valence-electron chi connectivity index (χ4n) is 2.01. The van der Waals surface area contributed by atoms with Crippen molar-refractivity contribution in [2.24, 2.45) is 5.10 Å². The number of amides is 1. The second-order valence-corrected chi connectivity index (χ2v) is 6.17. The van der Waals surface area contributed by atoms with E-state index >= 15 is 0 Å². The van der Waals surface area contributed by atoms with Crippen molar-refractivity contribution < 1.29 is 9.21 Å². The number of aryl methyl sites for hydroxylation is 2. The topological polar surface area (TPSA) is 97.5 Å². The van der Waals surface area contributed by atoms with E-state index in [1.807, 2.05) is 6.92 Å². The van der Waals surface area contributed by atoms with Crippen LogP contribution < -0.4 is 10.9 Å². The van der Waals surface area contributed by atoms with Crippen LogP contribution in [0.4, 0.5) is 0 Å². The first kappa shape index (κ1) is 16.3. The lowest BCUT2D eigenvalue weighted by Crippen LogP contribution is -2.18. The van der Waals surface area contributed by atoms with Crippen molar-refractivity contribution in [3.8, 4) is 0 Å². The van der Waals surface area contributed by atoms with Crippen LogP contribution in [-0.2, 0) is 0 Å². The number of rotatable bonds is 3. The maximum atomic E-state index is 12.4. The minimum Gasteiger partial charge on any atom is -0.463 e. The largest absolute Gasteiger partial charge is 0.463 e. The van der Waals surface area contributed by atoms with Gasteiger partial charge in [0.25, 0.3) is 5.91 Å². The molecule has 2 aromatic heterocycles. The van der Waals surface area contributed by atoms with E-state index in [9.17, 15) is 9.59 Å². The van der Waals surface area contributed by atoms with Gasteiger partial charge in [0.1, 0.15) is 16.7 Å². The second-order valence-electron chi connectivity index (χ2n) is 5.00. The Morgan fingerprint density at radius 3 is 2.92 bits per heavy atom. The van der Waals surface area contributed by atoms with Gasteiger partial charge in [0, 0.05) is 5.02 Å². The summed E-state index contributed by atoms with van der Waals surface area (Å²) in [4.78, 5) is 24.7. The van der Waals surface area contributed by atoms with Crippen LogP contribution in [0.1, 0.15) is 26.5 Å². The molecule has 0 aliphatic rings. The van der Waals surface area contributed by atoms with E-state index in [-0.39, 0.29) is 11.0 Å². The van der Waals surface area contributed by atoms with Gasteiger partial charge in [0.2, 0.25) is 5.43 Å². The maximum Gasteiger partial charge on any atom is 0.285 e. The zero-order valence-corrected chi connectivity index (χ0v) is 14.2. The van der Waals surface area contributed by atoms with Crippen molar-refractivity contribution >= 4 is 46.2 Å². The number of aromatic nitrogens is 2. The Morgan fingerprint density at radius 1 is 1.42 bits per heavy atom. The normalized spacial score (nSPS) is 11.3. The lowest BCUT2D eigenvalue weighted by atomic mass is 10.1. The molecule has 0 aliphatic carbocycles. The number of hydrogen-bond acceptors (Lipinski definition) is 7. The van der Waals surface area contributed by atoms with Gasteiger partial charge in [-0.2, -0.15) is 5.10 Å². The Labute approximate surface area is 145 Å². The van der Waals surface area contributed by atoms with Crippen LogP contribution in [0.3, 0.4) is 0 Å². The summed E-state index contributed by atoms with van der Waals surface area (Å²) in [7, 11) is 0. The number of nitrogens with zero attached hydrogens (tertiary/aromatic N) is 3. The van der Waals surface area contributed by atoms with E-state index in [4.69, 9.17) is 16.0 Å². The predicted octanol–water partition coefficient (Wildman–Crippen LogP) is 2.68. The average molecular weight is 363 g/mol. The first-order valence-corrected chi connectivity index (χ1v) is 7.96. The van der Waals surface area contributed by atoms with Crippen LogP contribution in [0.15, 0.2) is 32.7 Å². The highest BCUT2D eigenvalue weighted by Gasteiger charge is 2.12. The van der Waals surface area contributed by atoms with Crippen LogP contribution in [0.2, 0.25) is 5.02 Å². The predicted molar refractivity (Wildman–Crippen MR) is 91.9 cm³/mol. The maximum absolute atomic E-state index is 12.4. The lowest BCUT2D eigenvalue weighted by Gasteiger charge is -2.02. The van der Waals surface area contributed by atoms with Crippen LogP contribution in [0.25, 0.3) is 11.0 Å². The van der Waals surface area contributed by atoms with Gasteiger partial charge in [-0.25, -0.2) is 5.43 Å². The van der Waals surface area contributed by atoms with Crippen molar-refractivity contribution in [3.05, 3.63) is 55.3 Å². The van der Waals surface area contributed by atoms with E-state index in [0.717, 1.165) is 17.1 Å². The first-order valence-electron chi connectivity index (χ1n) is 6.81. The molecule has 3 rings (SSSR count). The highest BCUT2D eigenvalue weighted by molar-refractivity contribution is 7.07. The van der Waals surface area contributed by atoms with E-state index in [2.05, 4.69) is 20.1 Å². The molecule has 0 unspecified atom stereocenters. The molecule has 0 bridgehead atoms. The smallest absolute Gasteiger partial charge is 0.285 e. The van der Waals surface area contributed by atoms with Gasteiger partial charge in [-0.1, -0.05) is 16.1 Å². The van der Waals surface area contributed by atoms with Gasteiger partial charge in [0.05, 0.1) is 22.9 Å². The molecule has 3 aromatic rings. The molecule has 0 atom stereocenters. The number of halogens is 1. The van der Waals surface area contributed by atoms with Gasteiger partial charge in [-0.05, 0) is 43.1 Å². The minimum atomic E-state index is -0.442. The summed E-state index contributed by atoms with van der Waals surface area (Å²) in [6.45, 7) is 3.49. The van der Waals surface area contributed by atoms with Gasteiger partial charge >= 0.3 is 0 Å². The molecule has 1 N–H and O–H groups in total. The number of benzene rings is 1. The summed E-state index contributed by atoms with van der Waals surface area (Å²) >= 11 is 7.02. The van der Waals surface area contributed by atoms with Gasteiger partial charge in [0.15, 0.2) is 0 Å². The van der Waals surface area contributed by atoms with Gasteiger partial charge in [-0.3, -0.25) is 9.59 Å². The van der Waals surface area contributed by atoms with E-state index in [1.54, 1.807) is 19.1 Å². The summed E-state index contributed by atoms with van der Waals surface area (Å²) in [6.07, 6.45) is 2.51. The summed E-state index contributed by atoms with van der Waals surface area (Å²) in [5.41, 5.74) is 4.01. The Bertz CT molecular complexity index is 1030. The summed E-state index contributed by atoms with van der Waals surface area (Å²) < 4.78 is 9.10. The highest BCUT2D eigenvalue weighted by atomic mass is 35.5. The molecular formula is C15H11ClN4O3S. The van der Waals surface area contributed by atoms with Crippen LogP contribution in [-0.4, -0.2) is 21.7 Å². The second kappa shape index (κ2) is 6.50. The molecule has 24 heavy (non-hydrogen) atoms. The fourth-order valence-corrected chi connectivity index (χ4v) is 2.72. The SMILES string of the molecule is Cc1cc2occ(/C=N/NC(=O)c3snnc3C)c(=O)c2cc1Cl. The summed E-state index contributed by atoms with van der Waals surface area (Å²) in [6, 6.07) is 3.25. The fraction of sp³-hybridized carbons (Fsp3) is 0.133. The molecule has 1 amide bonds. The molecule has 1 aromatic carbocycles. The molecule has 122 valence electrons. The molecule has 0 saturated carbocycles. The quantitative estimate of drug-likeness (QED) is 0.570. The molecule has 0 fully saturated rings. The van der Waals surface area contributed by atoms with Crippen LogP contribution >= 0.6 is 23.1 Å². The third kappa shape index (κ3) is 3.06. The molecule has 7 nitrogen and oxygen atoms in total. The van der Waals surface area contributed by atoms with Gasteiger partial charge < -0.3 is 4.42 Å². The summed E-state index contributed by atoms with van der Waals surface area (Å²) in [5.74, 6) is -0.442. The average Bonchev–Trinajstić information content (AvgIpc) is 2.98. The number of carbonyl (C=O) groups excluding carboxylic acids is 1. The minimum absolute atomic E-state index is 0.196. The van der Waals surface area contributed by atoms with E-state index in [0.29, 0.717) is 26.6 Å². The highest BCUT2D eigenvalue weighted by Crippen LogP contribution is 2.21. The zero-order chi connectivity index (χ0) is 17.3. The molecule has 0 aliphatic heterocycles. The Morgan fingerprint density at radius 2 is 2.21 bits per heavy atom. The van der Waals surface area contributed by atoms with Crippen LogP contribution in [0.5, 0.6) is 0 Å². The monoisotopic (exact) mass is 362 g/mol. The molecular weight excluding hydrogens is 352 g/mol. The molecule has 0 radical (unpaired) electrons. The Kier molecular flexibility index (Phi) is 4.41. The van der Waals surface area contributed by atoms with Crippen molar-refractivity contribution in [2.45, 2.75) is 13.8 Å². The molecule has 9 heteroatoms. The number of carbonyl (C=O) groups is 1. The standard InChI is InChI=1S/C15H11ClN4O3S/c1-7-3-12-10(4-11(7)16)13(21)9(6-23-12)5-17-19-15(22)14-8(2)18-20-24-14/h3-6H,1-2H3,(H,19,22)/b17-5+. The van der Waals surface area contributed by atoms with E-state index < -0.39 is 5.91 Å². The van der Waals surface area contributed by atoms with E-state index in [1.165, 1.54) is 12.5 Å². The molecule has 0 spiro atoms. The number of nitrogens with one attached hydrogen (secondary N) is 1. The molecule has 2 heterocycles.